The zero-order valence-corrected chi connectivity index (χ0v) is 9.35. The average molecular weight is 221 g/mol. The molecule has 4 rings (SSSR count). The molecule has 3 heteroatoms. The Kier molecular flexibility index (Phi) is 1.63. The minimum atomic E-state index is 0.623. The van der Waals surface area contributed by atoms with E-state index in [1.165, 1.54) is 30.7 Å². The van der Waals surface area contributed by atoms with Crippen LogP contribution in [0.1, 0.15) is 48.0 Å². The first kappa shape index (κ1) is 9.12. The number of hydrogen-bond donors (Lipinski definition) is 0. The van der Waals surface area contributed by atoms with Crippen LogP contribution in [0.25, 0.3) is 11.0 Å². The first-order valence-electron chi connectivity index (χ1n) is 6.07. The number of nitrogens with zero attached hydrogens (tertiary/aromatic N) is 3. The molecule has 0 aliphatic heterocycles. The molecule has 0 spiro atoms. The van der Waals surface area contributed by atoms with E-state index >= 15 is 0 Å². The summed E-state index contributed by atoms with van der Waals surface area (Å²) in [5.74, 6) is 1.26. The summed E-state index contributed by atoms with van der Waals surface area (Å²) < 4.78 is 0. The van der Waals surface area contributed by atoms with E-state index in [2.05, 4.69) is 6.07 Å². The molecular formula is C14H11N3. The van der Waals surface area contributed by atoms with Gasteiger partial charge in [-0.15, -0.1) is 0 Å². The molecule has 2 bridgehead atoms. The fourth-order valence-corrected chi connectivity index (χ4v) is 3.23. The van der Waals surface area contributed by atoms with Crippen LogP contribution in [0.4, 0.5) is 0 Å². The minimum absolute atomic E-state index is 0.623. The van der Waals surface area contributed by atoms with Gasteiger partial charge in [0.05, 0.1) is 34.1 Å². The van der Waals surface area contributed by atoms with E-state index in [9.17, 15) is 0 Å². The Hall–Kier alpha value is -1.95. The highest BCUT2D eigenvalue weighted by Gasteiger charge is 2.39. The van der Waals surface area contributed by atoms with Crippen molar-refractivity contribution < 1.29 is 0 Å². The minimum Gasteiger partial charge on any atom is -0.249 e. The molecule has 0 amide bonds. The van der Waals surface area contributed by atoms with Crippen molar-refractivity contribution in [1.82, 2.24) is 9.97 Å². The smallest absolute Gasteiger partial charge is 0.0992 e. The van der Waals surface area contributed by atoms with Gasteiger partial charge in [-0.3, -0.25) is 0 Å². The Morgan fingerprint density at radius 2 is 1.76 bits per heavy atom. The zero-order valence-electron chi connectivity index (χ0n) is 9.35. The third kappa shape index (κ3) is 1.15. The number of hydrogen-bond acceptors (Lipinski definition) is 3. The van der Waals surface area contributed by atoms with Gasteiger partial charge in [0.1, 0.15) is 0 Å². The lowest BCUT2D eigenvalue weighted by Crippen LogP contribution is -2.04. The molecule has 2 aromatic rings. The quantitative estimate of drug-likeness (QED) is 0.687. The van der Waals surface area contributed by atoms with Gasteiger partial charge in [-0.25, -0.2) is 9.97 Å². The molecule has 1 heterocycles. The maximum Gasteiger partial charge on any atom is 0.0992 e. The van der Waals surface area contributed by atoms with Crippen molar-refractivity contribution >= 4 is 11.0 Å². The summed E-state index contributed by atoms with van der Waals surface area (Å²) in [6.07, 6.45) is 3.76. The van der Waals surface area contributed by atoms with Crippen molar-refractivity contribution in [2.24, 2.45) is 0 Å². The predicted octanol–water partition coefficient (Wildman–Crippen LogP) is 2.87. The summed E-state index contributed by atoms with van der Waals surface area (Å²) in [7, 11) is 0. The van der Waals surface area contributed by atoms with Crippen molar-refractivity contribution in [2.45, 2.75) is 31.1 Å². The molecule has 1 saturated carbocycles. The molecule has 0 unspecified atom stereocenters. The molecule has 1 aromatic carbocycles. The van der Waals surface area contributed by atoms with Crippen LogP contribution in [0.2, 0.25) is 0 Å². The van der Waals surface area contributed by atoms with Gasteiger partial charge in [0, 0.05) is 11.8 Å². The maximum atomic E-state index is 8.90. The van der Waals surface area contributed by atoms with E-state index in [0.29, 0.717) is 17.4 Å². The van der Waals surface area contributed by atoms with Gasteiger partial charge in [0.25, 0.3) is 0 Å². The second-order valence-corrected chi connectivity index (χ2v) is 5.02. The molecule has 0 radical (unpaired) electrons. The molecule has 1 fully saturated rings. The summed E-state index contributed by atoms with van der Waals surface area (Å²) in [5.41, 5.74) is 4.88. The Morgan fingerprint density at radius 1 is 1.06 bits per heavy atom. The molecule has 2 atom stereocenters. The van der Waals surface area contributed by atoms with Crippen LogP contribution in [0.3, 0.4) is 0 Å². The summed E-state index contributed by atoms with van der Waals surface area (Å²) in [6.45, 7) is 0. The molecule has 0 N–H and O–H groups in total. The predicted molar refractivity (Wildman–Crippen MR) is 63.6 cm³/mol. The monoisotopic (exact) mass is 221 g/mol. The summed E-state index contributed by atoms with van der Waals surface area (Å²) in [6, 6.07) is 7.72. The second-order valence-electron chi connectivity index (χ2n) is 5.02. The van der Waals surface area contributed by atoms with Crippen LogP contribution in [-0.4, -0.2) is 9.97 Å². The number of fused-ring (bicyclic) bond motifs is 6. The van der Waals surface area contributed by atoms with Crippen molar-refractivity contribution in [3.05, 3.63) is 35.2 Å². The molecular weight excluding hydrogens is 210 g/mol. The van der Waals surface area contributed by atoms with E-state index in [4.69, 9.17) is 15.2 Å². The first-order chi connectivity index (χ1) is 8.35. The Labute approximate surface area is 99.1 Å². The van der Waals surface area contributed by atoms with Gasteiger partial charge >= 0.3 is 0 Å². The van der Waals surface area contributed by atoms with E-state index < -0.39 is 0 Å². The van der Waals surface area contributed by atoms with Crippen LogP contribution in [-0.2, 0) is 0 Å². The number of benzene rings is 1. The zero-order chi connectivity index (χ0) is 11.4. The van der Waals surface area contributed by atoms with E-state index in [1.807, 2.05) is 18.2 Å². The SMILES string of the molecule is N#Cc1ccc2nc3c(nc2c1)[C@H]1CC[C@H]3C1. The standard InChI is InChI=1S/C14H11N3/c15-7-8-1-4-11-12(5-8)17-14-10-3-2-9(6-10)13(14)16-11/h1,4-5,9-10H,2-3,6H2/t9-,10-/m0/s1. The molecule has 82 valence electrons. The fraction of sp³-hybridized carbons (Fsp3) is 0.357. The summed E-state index contributed by atoms with van der Waals surface area (Å²) in [5, 5.41) is 8.90. The van der Waals surface area contributed by atoms with Crippen molar-refractivity contribution in [3.8, 4) is 6.07 Å². The van der Waals surface area contributed by atoms with Crippen LogP contribution < -0.4 is 0 Å². The summed E-state index contributed by atoms with van der Waals surface area (Å²) in [4.78, 5) is 9.48. The number of nitriles is 1. The van der Waals surface area contributed by atoms with Crippen molar-refractivity contribution in [1.29, 1.82) is 5.26 Å². The third-order valence-corrected chi connectivity index (χ3v) is 4.05. The number of rotatable bonds is 0. The Bertz CT molecular complexity index is 669. The normalized spacial score (nSPS) is 24.9. The fourth-order valence-electron chi connectivity index (χ4n) is 3.23. The van der Waals surface area contributed by atoms with Crippen LogP contribution >= 0.6 is 0 Å². The van der Waals surface area contributed by atoms with Crippen molar-refractivity contribution in [3.63, 3.8) is 0 Å². The number of aromatic nitrogens is 2. The van der Waals surface area contributed by atoms with E-state index in [1.54, 1.807) is 0 Å². The lowest BCUT2D eigenvalue weighted by Gasteiger charge is -2.13. The molecule has 2 aliphatic carbocycles. The molecule has 2 aliphatic rings. The topological polar surface area (TPSA) is 49.6 Å². The van der Waals surface area contributed by atoms with Crippen molar-refractivity contribution in [2.75, 3.05) is 0 Å². The van der Waals surface area contributed by atoms with Crippen LogP contribution in [0.5, 0.6) is 0 Å². The average Bonchev–Trinajstić information content (AvgIpc) is 2.97. The van der Waals surface area contributed by atoms with Gasteiger partial charge in [0.15, 0.2) is 0 Å². The maximum absolute atomic E-state index is 8.90. The molecule has 17 heavy (non-hydrogen) atoms. The van der Waals surface area contributed by atoms with E-state index in [-0.39, 0.29) is 0 Å². The third-order valence-electron chi connectivity index (χ3n) is 4.05. The molecule has 0 saturated heterocycles. The van der Waals surface area contributed by atoms with Gasteiger partial charge in [0.2, 0.25) is 0 Å². The van der Waals surface area contributed by atoms with Gasteiger partial charge in [-0.2, -0.15) is 5.26 Å². The first-order valence-corrected chi connectivity index (χ1v) is 6.07. The van der Waals surface area contributed by atoms with Crippen LogP contribution in [0, 0.1) is 11.3 Å². The Balaban J connectivity index is 2.01. The lowest BCUT2D eigenvalue weighted by molar-refractivity contribution is 0.685. The highest BCUT2D eigenvalue weighted by molar-refractivity contribution is 5.76. The summed E-state index contributed by atoms with van der Waals surface area (Å²) >= 11 is 0. The van der Waals surface area contributed by atoms with Gasteiger partial charge < -0.3 is 0 Å². The largest absolute Gasteiger partial charge is 0.249 e. The second kappa shape index (κ2) is 3.04. The highest BCUT2D eigenvalue weighted by atomic mass is 14.9. The van der Waals surface area contributed by atoms with Gasteiger partial charge in [-0.05, 0) is 37.5 Å². The lowest BCUT2D eigenvalue weighted by atomic mass is 10.00. The van der Waals surface area contributed by atoms with Gasteiger partial charge in [-0.1, -0.05) is 0 Å². The molecule has 1 aromatic heterocycles. The molecule has 3 nitrogen and oxygen atoms in total. The highest BCUT2D eigenvalue weighted by Crippen LogP contribution is 2.51. The van der Waals surface area contributed by atoms with Crippen LogP contribution in [0.15, 0.2) is 18.2 Å². The Morgan fingerprint density at radius 3 is 2.47 bits per heavy atom. The van der Waals surface area contributed by atoms with E-state index in [0.717, 1.165) is 11.0 Å².